The van der Waals surface area contributed by atoms with Gasteiger partial charge in [-0.1, -0.05) is 12.2 Å². The van der Waals surface area contributed by atoms with E-state index >= 15 is 0 Å². The lowest BCUT2D eigenvalue weighted by atomic mass is 10.2. The van der Waals surface area contributed by atoms with Crippen LogP contribution in [0, 0.1) is 5.21 Å². The zero-order chi connectivity index (χ0) is 12.1. The van der Waals surface area contributed by atoms with Crippen LogP contribution in [0.4, 0.5) is 11.8 Å². The van der Waals surface area contributed by atoms with Crippen LogP contribution < -0.4 is 15.8 Å². The Morgan fingerprint density at radius 3 is 2.75 bits per heavy atom. The van der Waals surface area contributed by atoms with Crippen molar-refractivity contribution in [2.75, 3.05) is 17.6 Å². The largest absolute Gasteiger partial charge is 0.754 e. The number of rotatable bonds is 5. The molecule has 0 saturated carbocycles. The molecule has 0 aliphatic carbocycles. The number of hydrogen-bond acceptors (Lipinski definition) is 5. The fourth-order valence-corrected chi connectivity index (χ4v) is 1.19. The van der Waals surface area contributed by atoms with E-state index in [-0.39, 0.29) is 17.5 Å². The zero-order valence-electron chi connectivity index (χ0n) is 8.81. The number of allylic oxidation sites excluding steroid dienone is 1. The third-order valence-corrected chi connectivity index (χ3v) is 1.91. The van der Waals surface area contributed by atoms with Crippen LogP contribution in [-0.4, -0.2) is 16.6 Å². The van der Waals surface area contributed by atoms with Gasteiger partial charge in [-0.05, 0) is 0 Å². The first-order valence-corrected chi connectivity index (χ1v) is 4.68. The highest BCUT2D eigenvalue weighted by molar-refractivity contribution is 5.50. The van der Waals surface area contributed by atoms with E-state index in [4.69, 9.17) is 5.73 Å². The summed E-state index contributed by atoms with van der Waals surface area (Å²) in [5.41, 5.74) is 5.73. The van der Waals surface area contributed by atoms with Gasteiger partial charge in [0.1, 0.15) is 0 Å². The van der Waals surface area contributed by atoms with Crippen LogP contribution >= 0.6 is 0 Å². The van der Waals surface area contributed by atoms with E-state index in [0.717, 1.165) is 0 Å². The van der Waals surface area contributed by atoms with Crippen LogP contribution in [-0.2, 0) is 6.42 Å². The molecule has 1 rings (SSSR count). The fraction of sp³-hybridized carbons (Fsp3) is 0.200. The van der Waals surface area contributed by atoms with E-state index in [2.05, 4.69) is 23.5 Å². The second-order valence-electron chi connectivity index (χ2n) is 3.07. The normalized spacial score (nSPS) is 9.75. The second-order valence-corrected chi connectivity index (χ2v) is 3.07. The van der Waals surface area contributed by atoms with Crippen molar-refractivity contribution in [1.29, 1.82) is 0 Å². The maximum absolute atomic E-state index is 11.5. The first kappa shape index (κ1) is 11.8. The lowest BCUT2D eigenvalue weighted by Gasteiger charge is -2.15. The van der Waals surface area contributed by atoms with Crippen LogP contribution in [0.25, 0.3) is 0 Å². The van der Waals surface area contributed by atoms with Crippen molar-refractivity contribution in [3.63, 3.8) is 0 Å². The van der Waals surface area contributed by atoms with Crippen LogP contribution in [0.15, 0.2) is 25.3 Å². The van der Waals surface area contributed by atoms with Gasteiger partial charge in [0, 0.05) is 6.42 Å². The molecule has 0 aromatic carbocycles. The number of nitrogens with one attached hydrogen (secondary N) is 1. The molecule has 0 radical (unpaired) electrons. The minimum atomic E-state index is -0.221. The van der Waals surface area contributed by atoms with Gasteiger partial charge in [0.2, 0.25) is 11.6 Å². The van der Waals surface area contributed by atoms with Crippen LogP contribution in [0.2, 0.25) is 0 Å². The number of anilines is 2. The Labute approximate surface area is 93.3 Å². The van der Waals surface area contributed by atoms with Crippen molar-refractivity contribution in [2.24, 2.45) is 0 Å². The van der Waals surface area contributed by atoms with Crippen molar-refractivity contribution >= 4 is 11.8 Å². The van der Waals surface area contributed by atoms with Gasteiger partial charge in [0.05, 0.1) is 6.54 Å². The molecule has 86 valence electrons. The average molecular weight is 222 g/mol. The monoisotopic (exact) mass is 222 g/mol. The summed E-state index contributed by atoms with van der Waals surface area (Å²) in [5.74, 6) is -0.462. The molecule has 1 heterocycles. The van der Waals surface area contributed by atoms with Gasteiger partial charge in [-0.3, -0.25) is 0 Å². The molecule has 1 aromatic heterocycles. The van der Waals surface area contributed by atoms with Gasteiger partial charge >= 0.3 is 5.95 Å². The Morgan fingerprint density at radius 1 is 1.50 bits per heavy atom. The molecular formula is C10H14N4O2. The molecule has 0 amide bonds. The molecule has 4 N–H and O–H groups in total. The van der Waals surface area contributed by atoms with E-state index in [9.17, 15) is 10.3 Å². The van der Waals surface area contributed by atoms with E-state index < -0.39 is 0 Å². The van der Waals surface area contributed by atoms with Gasteiger partial charge in [-0.15, -0.1) is 18.1 Å². The fourth-order valence-electron chi connectivity index (χ4n) is 1.19. The molecule has 0 aliphatic heterocycles. The molecule has 0 spiro atoms. The van der Waals surface area contributed by atoms with Crippen LogP contribution in [0.3, 0.4) is 0 Å². The Bertz CT molecular complexity index is 418. The third-order valence-electron chi connectivity index (χ3n) is 1.91. The summed E-state index contributed by atoms with van der Waals surface area (Å²) >= 11 is 0. The third kappa shape index (κ3) is 2.22. The Balaban J connectivity index is 3.21. The predicted molar refractivity (Wildman–Crippen MR) is 61.9 cm³/mol. The smallest absolute Gasteiger partial charge is 0.344 e. The number of aromatic nitrogens is 2. The standard InChI is InChI=1S/C10H14N4O2/c1-3-5-7-8(15)9(12-6-4-2)14(16)10(11)13-7/h3-4,12,15H,1-2,5-6H2,(H2,11,13). The zero-order valence-corrected chi connectivity index (χ0v) is 8.81. The van der Waals surface area contributed by atoms with Crippen molar-refractivity contribution in [3.05, 3.63) is 36.2 Å². The highest BCUT2D eigenvalue weighted by Crippen LogP contribution is 2.23. The molecule has 0 aliphatic rings. The molecule has 0 bridgehead atoms. The molecular weight excluding hydrogens is 208 g/mol. The van der Waals surface area contributed by atoms with Gasteiger partial charge < -0.3 is 21.4 Å². The summed E-state index contributed by atoms with van der Waals surface area (Å²) in [4.78, 5) is 3.77. The summed E-state index contributed by atoms with van der Waals surface area (Å²) in [6.07, 6.45) is 3.46. The van der Waals surface area contributed by atoms with Gasteiger partial charge in [-0.25, -0.2) is 4.73 Å². The van der Waals surface area contributed by atoms with Gasteiger partial charge in [-0.2, -0.15) is 0 Å². The summed E-state index contributed by atoms with van der Waals surface area (Å²) in [5, 5.41) is 24.0. The van der Waals surface area contributed by atoms with E-state index in [0.29, 0.717) is 23.4 Å². The number of nitrogen functional groups attached to an aromatic ring is 1. The number of nitrogens with two attached hydrogens (primary N) is 1. The molecule has 6 nitrogen and oxygen atoms in total. The van der Waals surface area contributed by atoms with E-state index in [1.165, 1.54) is 0 Å². The van der Waals surface area contributed by atoms with Crippen LogP contribution in [0.5, 0.6) is 5.75 Å². The lowest BCUT2D eigenvalue weighted by molar-refractivity contribution is -0.578. The minimum Gasteiger partial charge on any atom is -0.754 e. The number of hydrogen-bond donors (Lipinski definition) is 3. The second kappa shape index (κ2) is 5.01. The first-order valence-electron chi connectivity index (χ1n) is 4.68. The quantitative estimate of drug-likeness (QED) is 0.379. The Hall–Kier alpha value is -2.24. The summed E-state index contributed by atoms with van der Waals surface area (Å²) in [6.45, 7) is 7.37. The maximum Gasteiger partial charge on any atom is 0.344 e. The summed E-state index contributed by atoms with van der Waals surface area (Å²) < 4.78 is 0.339. The molecule has 6 heteroatoms. The van der Waals surface area contributed by atoms with Crippen molar-refractivity contribution in [1.82, 2.24) is 4.98 Å². The van der Waals surface area contributed by atoms with E-state index in [1.54, 1.807) is 12.2 Å². The van der Waals surface area contributed by atoms with Gasteiger partial charge in [0.15, 0.2) is 5.69 Å². The summed E-state index contributed by atoms with van der Waals surface area (Å²) in [6, 6.07) is 0. The number of nitrogens with zero attached hydrogens (tertiary/aromatic N) is 2. The molecule has 0 unspecified atom stereocenters. The Morgan fingerprint density at radius 2 is 2.19 bits per heavy atom. The molecule has 16 heavy (non-hydrogen) atoms. The highest BCUT2D eigenvalue weighted by atomic mass is 16.5. The molecule has 0 fully saturated rings. The highest BCUT2D eigenvalue weighted by Gasteiger charge is 2.17. The molecule has 0 atom stereocenters. The molecule has 1 aromatic rings. The summed E-state index contributed by atoms with van der Waals surface area (Å²) in [7, 11) is 0. The van der Waals surface area contributed by atoms with Gasteiger partial charge in [0.25, 0.3) is 0 Å². The maximum atomic E-state index is 11.5. The van der Waals surface area contributed by atoms with Crippen molar-refractivity contribution in [2.45, 2.75) is 6.42 Å². The van der Waals surface area contributed by atoms with Crippen molar-refractivity contribution < 1.29 is 9.84 Å². The lowest BCUT2D eigenvalue weighted by Crippen LogP contribution is -2.36. The van der Waals surface area contributed by atoms with Crippen molar-refractivity contribution in [3.8, 4) is 5.75 Å². The first-order chi connectivity index (χ1) is 7.61. The minimum absolute atomic E-state index is 0.0238. The predicted octanol–water partition coefficient (Wildman–Crippen LogP) is 0.329. The van der Waals surface area contributed by atoms with Crippen LogP contribution in [0.1, 0.15) is 5.69 Å². The topological polar surface area (TPSA) is 98.1 Å². The van der Waals surface area contributed by atoms with E-state index in [1.807, 2.05) is 0 Å². The molecule has 0 saturated heterocycles. The number of aromatic hydroxyl groups is 1. The SMILES string of the molecule is C=CCNc1c(O)c(CC=C)nc(N)[n+]1[O-]. The average Bonchev–Trinajstić information content (AvgIpc) is 2.26. The Kier molecular flexibility index (Phi) is 3.71.